The van der Waals surface area contributed by atoms with Crippen molar-refractivity contribution >= 4 is 10.0 Å². The van der Waals surface area contributed by atoms with E-state index in [1.54, 1.807) is 17.5 Å². The Hall–Kier alpha value is -0.920. The molecule has 1 aromatic rings. The second kappa shape index (κ2) is 5.70. The fourth-order valence-electron chi connectivity index (χ4n) is 3.75. The molecule has 2 aliphatic rings. The Morgan fingerprint density at radius 2 is 2.00 bits per heavy atom. The van der Waals surface area contributed by atoms with Crippen LogP contribution in [0.25, 0.3) is 0 Å². The fraction of sp³-hybridized carbons (Fsp3) is 0.786. The molecule has 118 valence electrons. The third-order valence-electron chi connectivity index (χ3n) is 4.81. The number of rotatable bonds is 3. The van der Waals surface area contributed by atoms with Gasteiger partial charge in [0.15, 0.2) is 0 Å². The summed E-state index contributed by atoms with van der Waals surface area (Å²) in [6, 6.07) is -0.0643. The van der Waals surface area contributed by atoms with Crippen molar-refractivity contribution in [3.05, 3.63) is 12.4 Å². The van der Waals surface area contributed by atoms with E-state index in [-0.39, 0.29) is 23.0 Å². The zero-order valence-electron chi connectivity index (χ0n) is 12.4. The fourth-order valence-corrected chi connectivity index (χ4v) is 5.47. The van der Waals surface area contributed by atoms with Crippen LogP contribution in [0.15, 0.2) is 17.3 Å². The molecule has 3 atom stereocenters. The van der Waals surface area contributed by atoms with Gasteiger partial charge in [-0.25, -0.2) is 8.42 Å². The van der Waals surface area contributed by atoms with Gasteiger partial charge in [0.2, 0.25) is 10.0 Å². The molecule has 1 saturated carbocycles. The van der Waals surface area contributed by atoms with Crippen LogP contribution in [0.1, 0.15) is 38.5 Å². The maximum Gasteiger partial charge on any atom is 0.246 e. The zero-order valence-corrected chi connectivity index (χ0v) is 13.2. The van der Waals surface area contributed by atoms with Gasteiger partial charge in [-0.2, -0.15) is 9.40 Å². The van der Waals surface area contributed by atoms with Crippen molar-refractivity contribution in [3.8, 4) is 0 Å². The molecule has 7 heteroatoms. The number of aliphatic hydroxyl groups excluding tert-OH is 1. The van der Waals surface area contributed by atoms with Crippen LogP contribution in [0.3, 0.4) is 0 Å². The Labute approximate surface area is 125 Å². The van der Waals surface area contributed by atoms with Crippen LogP contribution < -0.4 is 0 Å². The van der Waals surface area contributed by atoms with Crippen molar-refractivity contribution in [1.82, 2.24) is 14.1 Å². The summed E-state index contributed by atoms with van der Waals surface area (Å²) in [5.41, 5.74) is 0. The molecule has 1 aliphatic carbocycles. The lowest BCUT2D eigenvalue weighted by Gasteiger charge is -2.36. The van der Waals surface area contributed by atoms with Gasteiger partial charge < -0.3 is 5.11 Å². The van der Waals surface area contributed by atoms with Gasteiger partial charge in [0.25, 0.3) is 0 Å². The molecule has 1 saturated heterocycles. The van der Waals surface area contributed by atoms with Crippen molar-refractivity contribution in [3.63, 3.8) is 0 Å². The normalized spacial score (nSPS) is 31.6. The highest BCUT2D eigenvalue weighted by atomic mass is 32.2. The van der Waals surface area contributed by atoms with Gasteiger partial charge in [-0.1, -0.05) is 12.8 Å². The number of aryl methyl sites for hydroxylation is 1. The van der Waals surface area contributed by atoms with E-state index < -0.39 is 10.0 Å². The SMILES string of the molecule is Cn1cc(S(=O)(=O)N2CCCC2C2CCCCC2O)cn1. The lowest BCUT2D eigenvalue weighted by Crippen LogP contribution is -2.45. The summed E-state index contributed by atoms with van der Waals surface area (Å²) < 4.78 is 28.7. The molecule has 0 bridgehead atoms. The van der Waals surface area contributed by atoms with Gasteiger partial charge in [-0.3, -0.25) is 4.68 Å². The second-order valence-corrected chi connectivity index (χ2v) is 8.08. The summed E-state index contributed by atoms with van der Waals surface area (Å²) in [4.78, 5) is 0.252. The van der Waals surface area contributed by atoms with E-state index in [1.165, 1.54) is 10.9 Å². The van der Waals surface area contributed by atoms with E-state index in [1.807, 2.05) is 0 Å². The Bertz CT molecular complexity index is 598. The predicted octanol–water partition coefficient (Wildman–Crippen LogP) is 1.12. The molecule has 1 aliphatic heterocycles. The van der Waals surface area contributed by atoms with Crippen LogP contribution in [0.4, 0.5) is 0 Å². The van der Waals surface area contributed by atoms with E-state index in [9.17, 15) is 13.5 Å². The number of nitrogens with zero attached hydrogens (tertiary/aromatic N) is 3. The van der Waals surface area contributed by atoms with E-state index in [0.29, 0.717) is 6.54 Å². The summed E-state index contributed by atoms with van der Waals surface area (Å²) in [5, 5.41) is 14.2. The molecular formula is C14H23N3O3S. The maximum atomic E-state index is 12.8. The monoisotopic (exact) mass is 313 g/mol. The molecule has 2 fully saturated rings. The summed E-state index contributed by atoms with van der Waals surface area (Å²) in [7, 11) is -1.79. The quantitative estimate of drug-likeness (QED) is 0.907. The van der Waals surface area contributed by atoms with Crippen molar-refractivity contribution in [2.24, 2.45) is 13.0 Å². The molecule has 21 heavy (non-hydrogen) atoms. The number of sulfonamides is 1. The van der Waals surface area contributed by atoms with Crippen LogP contribution in [0, 0.1) is 5.92 Å². The van der Waals surface area contributed by atoms with Crippen molar-refractivity contribution in [2.45, 2.75) is 55.6 Å². The summed E-state index contributed by atoms with van der Waals surface area (Å²) >= 11 is 0. The molecule has 6 nitrogen and oxygen atoms in total. The van der Waals surface area contributed by atoms with Gasteiger partial charge >= 0.3 is 0 Å². The second-order valence-electron chi connectivity index (χ2n) is 6.19. The molecule has 2 heterocycles. The number of hydrogen-bond donors (Lipinski definition) is 1. The highest BCUT2D eigenvalue weighted by molar-refractivity contribution is 7.89. The Balaban J connectivity index is 1.86. The first-order valence-electron chi connectivity index (χ1n) is 7.69. The number of aliphatic hydroxyl groups is 1. The van der Waals surface area contributed by atoms with Gasteiger partial charge in [-0.15, -0.1) is 0 Å². The average molecular weight is 313 g/mol. The summed E-state index contributed by atoms with van der Waals surface area (Å²) in [6.45, 7) is 0.547. The van der Waals surface area contributed by atoms with Gasteiger partial charge in [0, 0.05) is 31.7 Å². The van der Waals surface area contributed by atoms with E-state index >= 15 is 0 Å². The van der Waals surface area contributed by atoms with Gasteiger partial charge in [0.05, 0.1) is 12.3 Å². The molecule has 0 spiro atoms. The summed E-state index contributed by atoms with van der Waals surface area (Å²) in [5.74, 6) is 0.0766. The Morgan fingerprint density at radius 3 is 2.67 bits per heavy atom. The van der Waals surface area contributed by atoms with Crippen molar-refractivity contribution < 1.29 is 13.5 Å². The minimum absolute atomic E-state index is 0.0643. The Morgan fingerprint density at radius 1 is 1.24 bits per heavy atom. The van der Waals surface area contributed by atoms with E-state index in [2.05, 4.69) is 5.10 Å². The maximum absolute atomic E-state index is 12.8. The third kappa shape index (κ3) is 2.74. The van der Waals surface area contributed by atoms with Crippen LogP contribution >= 0.6 is 0 Å². The minimum atomic E-state index is -3.50. The molecule has 3 rings (SSSR count). The first kappa shape index (κ1) is 15.0. The lowest BCUT2D eigenvalue weighted by atomic mass is 9.81. The zero-order chi connectivity index (χ0) is 15.0. The minimum Gasteiger partial charge on any atom is -0.393 e. The van der Waals surface area contributed by atoms with Crippen LogP contribution in [-0.2, 0) is 17.1 Å². The Kier molecular flexibility index (Phi) is 4.07. The molecule has 0 amide bonds. The molecule has 0 aromatic carbocycles. The predicted molar refractivity (Wildman–Crippen MR) is 78.1 cm³/mol. The smallest absolute Gasteiger partial charge is 0.246 e. The molecule has 1 N–H and O–H groups in total. The topological polar surface area (TPSA) is 75.4 Å². The molecule has 3 unspecified atom stereocenters. The molecular weight excluding hydrogens is 290 g/mol. The van der Waals surface area contributed by atoms with Crippen LogP contribution in [-0.4, -0.2) is 46.3 Å². The highest BCUT2D eigenvalue weighted by Gasteiger charge is 2.42. The van der Waals surface area contributed by atoms with Crippen LogP contribution in [0.5, 0.6) is 0 Å². The third-order valence-corrected chi connectivity index (χ3v) is 6.69. The first-order chi connectivity index (χ1) is 10.00. The highest BCUT2D eigenvalue weighted by Crippen LogP contribution is 2.37. The number of aromatic nitrogens is 2. The average Bonchev–Trinajstić information content (AvgIpc) is 3.08. The van der Waals surface area contributed by atoms with Crippen molar-refractivity contribution in [1.29, 1.82) is 0 Å². The largest absolute Gasteiger partial charge is 0.393 e. The molecule has 0 radical (unpaired) electrons. The van der Waals surface area contributed by atoms with Gasteiger partial charge in [0.1, 0.15) is 4.90 Å². The number of hydrogen-bond acceptors (Lipinski definition) is 4. The summed E-state index contributed by atoms with van der Waals surface area (Å²) in [6.07, 6.45) is 8.14. The van der Waals surface area contributed by atoms with E-state index in [4.69, 9.17) is 0 Å². The lowest BCUT2D eigenvalue weighted by molar-refractivity contribution is 0.0386. The van der Waals surface area contributed by atoms with Crippen LogP contribution in [0.2, 0.25) is 0 Å². The van der Waals surface area contributed by atoms with Gasteiger partial charge in [-0.05, 0) is 25.7 Å². The first-order valence-corrected chi connectivity index (χ1v) is 9.13. The molecule has 1 aromatic heterocycles. The van der Waals surface area contributed by atoms with Crippen molar-refractivity contribution in [2.75, 3.05) is 6.54 Å². The van der Waals surface area contributed by atoms with E-state index in [0.717, 1.165) is 38.5 Å². The standard InChI is InChI=1S/C14H23N3O3S/c1-16-10-11(9-15-16)21(19,20)17-8-4-6-13(17)12-5-2-3-7-14(12)18/h9-10,12-14,18H,2-8H2,1H3.